The number of carbonyl (C=O) groups is 1. The number of aromatic nitrogens is 1. The Kier molecular flexibility index (Phi) is 6.72. The summed E-state index contributed by atoms with van der Waals surface area (Å²) in [5.41, 5.74) is 0.722. The monoisotopic (exact) mass is 403 g/mol. The van der Waals surface area contributed by atoms with Crippen LogP contribution < -0.4 is 0 Å². The fourth-order valence-corrected chi connectivity index (χ4v) is 5.86. The molecule has 0 bridgehead atoms. The predicted octanol–water partition coefficient (Wildman–Crippen LogP) is 5.31. The summed E-state index contributed by atoms with van der Waals surface area (Å²) in [4.78, 5) is 23.0. The second-order valence-electron chi connectivity index (χ2n) is 9.60. The van der Waals surface area contributed by atoms with Crippen LogP contribution in [0.4, 0.5) is 0 Å². The molecule has 0 unspecified atom stereocenters. The molecular weight excluding hydrogens is 366 g/mol. The van der Waals surface area contributed by atoms with Crippen molar-refractivity contribution in [3.8, 4) is 0 Å². The minimum Gasteiger partial charge on any atom is -0.331 e. The van der Waals surface area contributed by atoms with Crippen molar-refractivity contribution in [2.45, 2.75) is 96.1 Å². The highest BCUT2D eigenvalue weighted by atomic mass is 32.1. The maximum absolute atomic E-state index is 13.3. The fourth-order valence-electron chi connectivity index (χ4n) is 4.89. The van der Waals surface area contributed by atoms with Crippen molar-refractivity contribution in [3.63, 3.8) is 0 Å². The van der Waals surface area contributed by atoms with Gasteiger partial charge >= 0.3 is 0 Å². The molecule has 1 aromatic rings. The number of hydrogen-bond acceptors (Lipinski definition) is 4. The van der Waals surface area contributed by atoms with Crippen LogP contribution in [-0.4, -0.2) is 52.4 Å². The number of hydrogen-bond donors (Lipinski definition) is 0. The maximum Gasteiger partial charge on any atom is 0.273 e. The average molecular weight is 404 g/mol. The lowest BCUT2D eigenvalue weighted by molar-refractivity contribution is 0.0608. The van der Waals surface area contributed by atoms with E-state index in [-0.39, 0.29) is 5.91 Å². The highest BCUT2D eigenvalue weighted by molar-refractivity contribution is 7.09. The van der Waals surface area contributed by atoms with Gasteiger partial charge in [-0.2, -0.15) is 0 Å². The van der Waals surface area contributed by atoms with Gasteiger partial charge in [0.15, 0.2) is 0 Å². The van der Waals surface area contributed by atoms with Crippen LogP contribution in [-0.2, 0) is 0 Å². The van der Waals surface area contributed by atoms with Gasteiger partial charge in [-0.3, -0.25) is 4.79 Å². The third-order valence-corrected chi connectivity index (χ3v) is 7.85. The number of amides is 1. The van der Waals surface area contributed by atoms with Gasteiger partial charge in [0.25, 0.3) is 5.91 Å². The maximum atomic E-state index is 13.3. The molecule has 156 valence electrons. The summed E-state index contributed by atoms with van der Waals surface area (Å²) < 4.78 is 0. The summed E-state index contributed by atoms with van der Waals surface area (Å²) in [6.45, 7) is 8.19. The Balaban J connectivity index is 1.35. The van der Waals surface area contributed by atoms with Crippen LogP contribution in [0.1, 0.15) is 99.5 Å². The second-order valence-corrected chi connectivity index (χ2v) is 10.5. The van der Waals surface area contributed by atoms with Crippen molar-refractivity contribution in [3.05, 3.63) is 16.1 Å². The smallest absolute Gasteiger partial charge is 0.273 e. The zero-order valence-electron chi connectivity index (χ0n) is 17.7. The molecule has 2 aliphatic carbocycles. The average Bonchev–Trinajstić information content (AvgIpc) is 3.42. The van der Waals surface area contributed by atoms with E-state index in [0.717, 1.165) is 11.6 Å². The Morgan fingerprint density at radius 3 is 2.43 bits per heavy atom. The Morgan fingerprint density at radius 1 is 1.11 bits per heavy atom. The van der Waals surface area contributed by atoms with E-state index in [0.29, 0.717) is 18.0 Å². The summed E-state index contributed by atoms with van der Waals surface area (Å²) in [6.07, 6.45) is 12.3. The molecule has 0 aromatic carbocycles. The molecule has 2 saturated carbocycles. The van der Waals surface area contributed by atoms with E-state index in [1.807, 2.05) is 5.38 Å². The van der Waals surface area contributed by atoms with Gasteiger partial charge in [0.2, 0.25) is 0 Å². The standard InChI is InChI=1S/C23H37N3OS/c1-17(2)10-13-25-14-11-18(12-15-25)22-24-21(16-28-22)23(27)26(20-8-9-20)19-6-4-3-5-7-19/h16-20H,3-15H2,1-2H3. The molecule has 0 radical (unpaired) electrons. The SMILES string of the molecule is CC(C)CCN1CCC(c2nc(C(=O)N(C3CCCCC3)C3CC3)cs2)CC1. The minimum absolute atomic E-state index is 0.214. The quantitative estimate of drug-likeness (QED) is 0.619. The highest BCUT2D eigenvalue weighted by Gasteiger charge is 2.39. The van der Waals surface area contributed by atoms with Crippen molar-refractivity contribution in [1.82, 2.24) is 14.8 Å². The van der Waals surface area contributed by atoms with Gasteiger partial charge in [-0.05, 0) is 70.5 Å². The molecule has 3 fully saturated rings. The minimum atomic E-state index is 0.214. The van der Waals surface area contributed by atoms with Gasteiger partial charge in [-0.25, -0.2) is 4.98 Å². The van der Waals surface area contributed by atoms with Gasteiger partial charge in [-0.15, -0.1) is 11.3 Å². The molecule has 0 atom stereocenters. The number of nitrogens with zero attached hydrogens (tertiary/aromatic N) is 3. The summed E-state index contributed by atoms with van der Waals surface area (Å²) in [5.74, 6) is 1.54. The molecule has 4 rings (SSSR count). The lowest BCUT2D eigenvalue weighted by Crippen LogP contribution is -2.43. The van der Waals surface area contributed by atoms with Crippen LogP contribution in [0.15, 0.2) is 5.38 Å². The Labute approximate surface area is 174 Å². The van der Waals surface area contributed by atoms with Crippen LogP contribution in [0.2, 0.25) is 0 Å². The first kappa shape index (κ1) is 20.3. The first-order valence-corrected chi connectivity index (χ1v) is 12.5. The van der Waals surface area contributed by atoms with E-state index >= 15 is 0 Å². The molecule has 1 saturated heterocycles. The highest BCUT2D eigenvalue weighted by Crippen LogP contribution is 2.36. The van der Waals surface area contributed by atoms with Gasteiger partial charge in [0, 0.05) is 23.4 Å². The fraction of sp³-hybridized carbons (Fsp3) is 0.826. The zero-order valence-corrected chi connectivity index (χ0v) is 18.6. The van der Waals surface area contributed by atoms with Crippen molar-refractivity contribution < 1.29 is 4.79 Å². The molecule has 5 heteroatoms. The first-order valence-electron chi connectivity index (χ1n) is 11.6. The lowest BCUT2D eigenvalue weighted by Gasteiger charge is -2.34. The van der Waals surface area contributed by atoms with Crippen molar-refractivity contribution >= 4 is 17.2 Å². The van der Waals surface area contributed by atoms with Crippen molar-refractivity contribution in [2.24, 2.45) is 5.92 Å². The molecule has 1 amide bonds. The largest absolute Gasteiger partial charge is 0.331 e. The lowest BCUT2D eigenvalue weighted by atomic mass is 9.94. The Hall–Kier alpha value is -0.940. The number of rotatable bonds is 7. The third kappa shape index (κ3) is 4.96. The topological polar surface area (TPSA) is 36.4 Å². The van der Waals surface area contributed by atoms with Gasteiger partial charge in [-0.1, -0.05) is 33.1 Å². The predicted molar refractivity (Wildman–Crippen MR) is 116 cm³/mol. The van der Waals surface area contributed by atoms with Crippen molar-refractivity contribution in [2.75, 3.05) is 19.6 Å². The van der Waals surface area contributed by atoms with Gasteiger partial charge in [0.05, 0.1) is 5.01 Å². The molecule has 3 aliphatic rings. The van der Waals surface area contributed by atoms with Crippen LogP contribution in [0, 0.1) is 5.92 Å². The van der Waals surface area contributed by atoms with Crippen LogP contribution >= 0.6 is 11.3 Å². The summed E-state index contributed by atoms with van der Waals surface area (Å²) in [7, 11) is 0. The van der Waals surface area contributed by atoms with Crippen molar-refractivity contribution in [1.29, 1.82) is 0 Å². The van der Waals surface area contributed by atoms with E-state index in [4.69, 9.17) is 4.98 Å². The van der Waals surface area contributed by atoms with Crippen LogP contribution in [0.25, 0.3) is 0 Å². The summed E-state index contributed by atoms with van der Waals surface area (Å²) in [6, 6.07) is 0.952. The molecule has 0 N–H and O–H groups in total. The second kappa shape index (κ2) is 9.25. The zero-order chi connectivity index (χ0) is 19.5. The Morgan fingerprint density at radius 2 is 1.79 bits per heavy atom. The normalized spacial score (nSPS) is 22.7. The summed E-state index contributed by atoms with van der Waals surface area (Å²) in [5, 5.41) is 3.24. The number of thiazole rings is 1. The van der Waals surface area contributed by atoms with E-state index < -0.39 is 0 Å². The van der Waals surface area contributed by atoms with E-state index in [2.05, 4.69) is 23.6 Å². The molecule has 0 spiro atoms. The molecule has 28 heavy (non-hydrogen) atoms. The van der Waals surface area contributed by atoms with E-state index in [1.165, 1.54) is 88.9 Å². The Bertz CT molecular complexity index is 640. The first-order chi connectivity index (χ1) is 13.6. The third-order valence-electron chi connectivity index (χ3n) is 6.84. The molecular formula is C23H37N3OS. The molecule has 1 aromatic heterocycles. The summed E-state index contributed by atoms with van der Waals surface area (Å²) >= 11 is 1.72. The number of carbonyl (C=O) groups excluding carboxylic acids is 1. The molecule has 1 aliphatic heterocycles. The number of likely N-dealkylation sites (tertiary alicyclic amines) is 1. The van der Waals surface area contributed by atoms with Crippen LogP contribution in [0.5, 0.6) is 0 Å². The number of piperidine rings is 1. The molecule has 2 heterocycles. The van der Waals surface area contributed by atoms with Gasteiger partial charge in [0.1, 0.15) is 5.69 Å². The van der Waals surface area contributed by atoms with E-state index in [9.17, 15) is 4.79 Å². The van der Waals surface area contributed by atoms with Crippen LogP contribution in [0.3, 0.4) is 0 Å². The van der Waals surface area contributed by atoms with Gasteiger partial charge < -0.3 is 9.80 Å². The molecule has 4 nitrogen and oxygen atoms in total. The van der Waals surface area contributed by atoms with E-state index in [1.54, 1.807) is 11.3 Å².